The third-order valence-corrected chi connectivity index (χ3v) is 8.84. The highest BCUT2D eigenvalue weighted by Crippen LogP contribution is 2.41. The van der Waals surface area contributed by atoms with E-state index in [1.807, 2.05) is 24.3 Å². The van der Waals surface area contributed by atoms with E-state index in [2.05, 4.69) is 20.2 Å². The monoisotopic (exact) mass is 616 g/mol. The summed E-state index contributed by atoms with van der Waals surface area (Å²) < 4.78 is 66.4. The number of anilines is 3. The number of aromatic nitrogens is 2. The summed E-state index contributed by atoms with van der Waals surface area (Å²) in [4.78, 5) is 11.2. The molecule has 1 aliphatic heterocycles. The summed E-state index contributed by atoms with van der Waals surface area (Å²) in [7, 11) is -2.11. The van der Waals surface area contributed by atoms with Gasteiger partial charge in [0.05, 0.1) is 47.5 Å². The first-order chi connectivity index (χ1) is 21.1. The minimum atomic E-state index is -3.65. The minimum Gasteiger partial charge on any atom is -0.481 e. The van der Waals surface area contributed by atoms with Crippen LogP contribution in [0.4, 0.5) is 25.8 Å². The SMILES string of the molecule is COc1ccc(-c2ccc(N3CCOCC3)cc2Nc2c(C)c(-c3ccccc3S(C)(=O)=O)nc3cc(F)cc(F)c23)cn1. The van der Waals surface area contributed by atoms with Gasteiger partial charge in [0, 0.05) is 71.8 Å². The molecule has 0 bridgehead atoms. The Kier molecular flexibility index (Phi) is 7.91. The van der Waals surface area contributed by atoms with Gasteiger partial charge in [0.2, 0.25) is 5.88 Å². The number of methoxy groups -OCH3 is 1. The normalized spacial score (nSPS) is 13.7. The maximum Gasteiger partial charge on any atom is 0.212 e. The summed E-state index contributed by atoms with van der Waals surface area (Å²) in [5, 5.41) is 3.53. The van der Waals surface area contributed by atoms with Gasteiger partial charge in [-0.25, -0.2) is 27.2 Å². The zero-order valence-electron chi connectivity index (χ0n) is 24.4. The number of halogens is 2. The molecule has 1 aliphatic rings. The van der Waals surface area contributed by atoms with E-state index in [1.54, 1.807) is 44.5 Å². The average Bonchev–Trinajstić information content (AvgIpc) is 3.02. The maximum absolute atomic E-state index is 15.6. The van der Waals surface area contributed by atoms with E-state index in [1.165, 1.54) is 6.07 Å². The quantitative estimate of drug-likeness (QED) is 0.220. The van der Waals surface area contributed by atoms with Crippen molar-refractivity contribution in [2.24, 2.45) is 0 Å². The molecule has 6 rings (SSSR count). The molecule has 1 saturated heterocycles. The van der Waals surface area contributed by atoms with Gasteiger partial charge in [0.1, 0.15) is 11.6 Å². The van der Waals surface area contributed by atoms with Gasteiger partial charge in [-0.05, 0) is 36.8 Å². The molecule has 0 atom stereocenters. The summed E-state index contributed by atoms with van der Waals surface area (Å²) in [6, 6.07) is 18.0. The van der Waals surface area contributed by atoms with E-state index in [0.29, 0.717) is 60.4 Å². The number of fused-ring (bicyclic) bond motifs is 1. The van der Waals surface area contributed by atoms with E-state index in [4.69, 9.17) is 9.47 Å². The van der Waals surface area contributed by atoms with Crippen LogP contribution in [-0.4, -0.2) is 58.1 Å². The molecule has 0 saturated carbocycles. The van der Waals surface area contributed by atoms with Crippen LogP contribution >= 0.6 is 0 Å². The van der Waals surface area contributed by atoms with Crippen LogP contribution in [0.25, 0.3) is 33.3 Å². The second-order valence-electron chi connectivity index (χ2n) is 10.6. The Hall–Kier alpha value is -4.61. The number of morpholine rings is 1. The van der Waals surface area contributed by atoms with E-state index >= 15 is 4.39 Å². The highest BCUT2D eigenvalue weighted by atomic mass is 32.2. The second-order valence-corrected chi connectivity index (χ2v) is 12.5. The number of nitrogens with one attached hydrogen (secondary N) is 1. The highest BCUT2D eigenvalue weighted by molar-refractivity contribution is 7.90. The molecule has 0 radical (unpaired) electrons. The summed E-state index contributed by atoms with van der Waals surface area (Å²) >= 11 is 0. The molecule has 0 amide bonds. The molecule has 0 spiro atoms. The van der Waals surface area contributed by atoms with Crippen LogP contribution in [0.5, 0.6) is 5.88 Å². The number of sulfone groups is 1. The number of hydrogen-bond donors (Lipinski definition) is 1. The van der Waals surface area contributed by atoms with Crippen molar-refractivity contribution in [2.45, 2.75) is 11.8 Å². The fourth-order valence-corrected chi connectivity index (χ4v) is 6.40. The van der Waals surface area contributed by atoms with Gasteiger partial charge in [-0.2, -0.15) is 0 Å². The Balaban J connectivity index is 1.59. The van der Waals surface area contributed by atoms with Crippen LogP contribution in [0.1, 0.15) is 5.56 Å². The van der Waals surface area contributed by atoms with Crippen LogP contribution in [0.3, 0.4) is 0 Å². The molecule has 226 valence electrons. The van der Waals surface area contributed by atoms with Gasteiger partial charge in [-0.3, -0.25) is 0 Å². The molecule has 1 fully saturated rings. The fourth-order valence-electron chi connectivity index (χ4n) is 5.51. The zero-order chi connectivity index (χ0) is 31.0. The molecule has 5 aromatic rings. The lowest BCUT2D eigenvalue weighted by Gasteiger charge is -2.30. The van der Waals surface area contributed by atoms with E-state index in [-0.39, 0.29) is 15.8 Å². The van der Waals surface area contributed by atoms with Crippen molar-refractivity contribution in [1.82, 2.24) is 9.97 Å². The van der Waals surface area contributed by atoms with E-state index in [9.17, 15) is 12.8 Å². The zero-order valence-corrected chi connectivity index (χ0v) is 25.2. The van der Waals surface area contributed by atoms with Gasteiger partial charge < -0.3 is 19.7 Å². The Morgan fingerprint density at radius 1 is 0.977 bits per heavy atom. The average molecular weight is 617 g/mol. The number of benzene rings is 3. The Morgan fingerprint density at radius 2 is 1.75 bits per heavy atom. The van der Waals surface area contributed by atoms with Crippen LogP contribution in [0, 0.1) is 18.6 Å². The molecule has 0 aliphatic carbocycles. The van der Waals surface area contributed by atoms with Gasteiger partial charge in [0.25, 0.3) is 0 Å². The van der Waals surface area contributed by atoms with Crippen molar-refractivity contribution >= 4 is 37.8 Å². The number of pyridine rings is 2. The van der Waals surface area contributed by atoms with Crippen molar-refractivity contribution in [2.75, 3.05) is 49.9 Å². The van der Waals surface area contributed by atoms with Crippen molar-refractivity contribution in [3.63, 3.8) is 0 Å². The summed E-state index contributed by atoms with van der Waals surface area (Å²) in [5.74, 6) is -1.13. The predicted molar refractivity (Wildman–Crippen MR) is 167 cm³/mol. The molecule has 1 N–H and O–H groups in total. The third-order valence-electron chi connectivity index (χ3n) is 7.68. The standard InChI is InChI=1S/C33H30F2N4O4S/c1-20-32(25-6-4-5-7-29(25)44(3,40)41)38-28-17-22(34)16-26(35)31(28)33(20)37-27-18-23(39-12-14-43-15-13-39)9-10-24(27)21-8-11-30(42-2)36-19-21/h4-11,16-19H,12-15H2,1-3H3,(H,37,38). The number of ether oxygens (including phenoxy) is 2. The second kappa shape index (κ2) is 11.8. The Bertz CT molecular complexity index is 1980. The lowest BCUT2D eigenvalue weighted by atomic mass is 9.99. The topological polar surface area (TPSA) is 93.7 Å². The van der Waals surface area contributed by atoms with Gasteiger partial charge in [0.15, 0.2) is 9.84 Å². The summed E-state index contributed by atoms with van der Waals surface area (Å²) in [6.45, 7) is 4.36. The lowest BCUT2D eigenvalue weighted by molar-refractivity contribution is 0.122. The molecule has 0 unspecified atom stereocenters. The summed E-state index contributed by atoms with van der Waals surface area (Å²) in [6.07, 6.45) is 2.81. The van der Waals surface area contributed by atoms with Crippen molar-refractivity contribution in [1.29, 1.82) is 0 Å². The minimum absolute atomic E-state index is 0.0471. The molecule has 11 heteroatoms. The molecule has 44 heavy (non-hydrogen) atoms. The molecule has 3 aromatic carbocycles. The van der Waals surface area contributed by atoms with E-state index < -0.39 is 21.5 Å². The number of rotatable bonds is 7. The smallest absolute Gasteiger partial charge is 0.212 e. The first-order valence-corrected chi connectivity index (χ1v) is 15.9. The first-order valence-electron chi connectivity index (χ1n) is 14.0. The van der Waals surface area contributed by atoms with Gasteiger partial charge in [-0.1, -0.05) is 24.3 Å². The highest BCUT2D eigenvalue weighted by Gasteiger charge is 2.23. The first kappa shape index (κ1) is 29.5. The lowest BCUT2D eigenvalue weighted by Crippen LogP contribution is -2.36. The number of nitrogens with zero attached hydrogens (tertiary/aromatic N) is 3. The molecule has 8 nitrogen and oxygen atoms in total. The van der Waals surface area contributed by atoms with Crippen molar-refractivity contribution in [3.05, 3.63) is 90.1 Å². The molecule has 3 heterocycles. The fraction of sp³-hybridized carbons (Fsp3) is 0.212. The molecule has 2 aromatic heterocycles. The Labute approximate surface area is 254 Å². The third kappa shape index (κ3) is 5.68. The van der Waals surface area contributed by atoms with Crippen LogP contribution in [0.15, 0.2) is 77.8 Å². The predicted octanol–water partition coefficient (Wildman–Crippen LogP) is 6.54. The van der Waals surface area contributed by atoms with Crippen LogP contribution in [-0.2, 0) is 14.6 Å². The summed E-state index contributed by atoms with van der Waals surface area (Å²) in [5.41, 5.74) is 4.66. The molecular formula is C33H30F2N4O4S. The molecular weight excluding hydrogens is 586 g/mol. The van der Waals surface area contributed by atoms with Crippen molar-refractivity contribution < 1.29 is 26.7 Å². The van der Waals surface area contributed by atoms with Crippen molar-refractivity contribution in [3.8, 4) is 28.3 Å². The largest absolute Gasteiger partial charge is 0.481 e. The van der Waals surface area contributed by atoms with Crippen LogP contribution < -0.4 is 15.0 Å². The van der Waals surface area contributed by atoms with Crippen LogP contribution in [0.2, 0.25) is 0 Å². The Morgan fingerprint density at radius 3 is 2.45 bits per heavy atom. The van der Waals surface area contributed by atoms with Gasteiger partial charge >= 0.3 is 0 Å². The van der Waals surface area contributed by atoms with Gasteiger partial charge in [-0.15, -0.1) is 0 Å². The number of hydrogen-bond acceptors (Lipinski definition) is 8. The van der Waals surface area contributed by atoms with E-state index in [0.717, 1.165) is 35.2 Å². The maximum atomic E-state index is 15.6.